The molecule has 6 heteroatoms. The maximum atomic E-state index is 12.7. The number of rotatable bonds is 5. The second-order valence-corrected chi connectivity index (χ2v) is 5.02. The lowest BCUT2D eigenvalue weighted by atomic mass is 9.91. The predicted molar refractivity (Wildman–Crippen MR) is 82.3 cm³/mol. The van der Waals surface area contributed by atoms with Crippen molar-refractivity contribution in [1.82, 2.24) is 0 Å². The number of hydrogen-bond acceptors (Lipinski definition) is 5. The molecule has 23 heavy (non-hydrogen) atoms. The molecule has 0 aromatic heterocycles. The number of benzene rings is 2. The lowest BCUT2D eigenvalue weighted by molar-refractivity contribution is -0.136. The standard InChI is InChI=1S/C17H16O6/c1-9-12(7-15(20)21)16(14(19)8-13(9)18)17(22)10-3-5-11(23-2)6-4-10/h3-6,8,18-19H,7H2,1-2H3,(H,20,21). The Labute approximate surface area is 132 Å². The largest absolute Gasteiger partial charge is 0.508 e. The van der Waals surface area contributed by atoms with Gasteiger partial charge in [0.1, 0.15) is 17.2 Å². The normalized spacial score (nSPS) is 10.3. The van der Waals surface area contributed by atoms with Crippen LogP contribution in [-0.4, -0.2) is 34.2 Å². The van der Waals surface area contributed by atoms with Gasteiger partial charge in [-0.2, -0.15) is 0 Å². The number of aromatic hydroxyl groups is 2. The molecule has 6 nitrogen and oxygen atoms in total. The molecule has 0 unspecified atom stereocenters. The van der Waals surface area contributed by atoms with E-state index in [0.29, 0.717) is 5.75 Å². The fraction of sp³-hybridized carbons (Fsp3) is 0.176. The Balaban J connectivity index is 2.58. The zero-order valence-corrected chi connectivity index (χ0v) is 12.7. The summed E-state index contributed by atoms with van der Waals surface area (Å²) in [5.74, 6) is -1.83. The Morgan fingerprint density at radius 3 is 2.22 bits per heavy atom. The zero-order chi connectivity index (χ0) is 17.1. The van der Waals surface area contributed by atoms with Gasteiger partial charge in [-0.1, -0.05) is 0 Å². The van der Waals surface area contributed by atoms with E-state index in [-0.39, 0.29) is 28.0 Å². The Kier molecular flexibility index (Phi) is 4.55. The summed E-state index contributed by atoms with van der Waals surface area (Å²) in [5, 5.41) is 28.8. The van der Waals surface area contributed by atoms with E-state index in [1.807, 2.05) is 0 Å². The van der Waals surface area contributed by atoms with Gasteiger partial charge in [-0.25, -0.2) is 0 Å². The minimum absolute atomic E-state index is 0.0934. The number of methoxy groups -OCH3 is 1. The summed E-state index contributed by atoms with van der Waals surface area (Å²) in [4.78, 5) is 23.7. The van der Waals surface area contributed by atoms with Crippen LogP contribution in [0.1, 0.15) is 27.0 Å². The topological polar surface area (TPSA) is 104 Å². The molecule has 0 aliphatic rings. The van der Waals surface area contributed by atoms with Crippen LogP contribution < -0.4 is 4.74 Å². The molecule has 0 bridgehead atoms. The van der Waals surface area contributed by atoms with Crippen molar-refractivity contribution in [3.8, 4) is 17.2 Å². The second-order valence-electron chi connectivity index (χ2n) is 5.02. The molecule has 2 rings (SSSR count). The van der Waals surface area contributed by atoms with Crippen LogP contribution in [0.2, 0.25) is 0 Å². The van der Waals surface area contributed by atoms with Crippen LogP contribution in [-0.2, 0) is 11.2 Å². The molecular formula is C17H16O6. The minimum Gasteiger partial charge on any atom is -0.508 e. The number of carbonyl (C=O) groups excluding carboxylic acids is 1. The lowest BCUT2D eigenvalue weighted by Gasteiger charge is -2.14. The monoisotopic (exact) mass is 316 g/mol. The summed E-state index contributed by atoms with van der Waals surface area (Å²) in [6.45, 7) is 1.50. The molecule has 0 saturated heterocycles. The molecule has 0 saturated carbocycles. The van der Waals surface area contributed by atoms with Crippen molar-refractivity contribution in [2.45, 2.75) is 13.3 Å². The first kappa shape index (κ1) is 16.4. The van der Waals surface area contributed by atoms with Crippen LogP contribution in [0.4, 0.5) is 0 Å². The van der Waals surface area contributed by atoms with Crippen molar-refractivity contribution in [3.63, 3.8) is 0 Å². The molecule has 2 aromatic carbocycles. The molecular weight excluding hydrogens is 300 g/mol. The van der Waals surface area contributed by atoms with Crippen LogP contribution >= 0.6 is 0 Å². The third-order valence-corrected chi connectivity index (χ3v) is 3.58. The number of phenolic OH excluding ortho intramolecular Hbond substituents is 2. The van der Waals surface area contributed by atoms with Crippen LogP contribution in [0.15, 0.2) is 30.3 Å². The maximum Gasteiger partial charge on any atom is 0.307 e. The Morgan fingerprint density at radius 2 is 1.70 bits per heavy atom. The number of carboxylic acid groups (broad SMARTS) is 1. The summed E-state index contributed by atoms with van der Waals surface area (Å²) in [7, 11) is 1.50. The van der Waals surface area contributed by atoms with Gasteiger partial charge in [-0.3, -0.25) is 9.59 Å². The van der Waals surface area contributed by atoms with Crippen LogP contribution in [0.25, 0.3) is 0 Å². The minimum atomic E-state index is -1.16. The number of carboxylic acids is 1. The number of phenols is 2. The first-order chi connectivity index (χ1) is 10.8. The molecule has 0 aliphatic heterocycles. The maximum absolute atomic E-state index is 12.7. The highest BCUT2D eigenvalue weighted by atomic mass is 16.5. The molecule has 0 amide bonds. The average molecular weight is 316 g/mol. The highest BCUT2D eigenvalue weighted by Gasteiger charge is 2.23. The third-order valence-electron chi connectivity index (χ3n) is 3.58. The Hall–Kier alpha value is -3.02. The molecule has 0 aliphatic carbocycles. The molecule has 0 fully saturated rings. The van der Waals surface area contributed by atoms with E-state index in [2.05, 4.69) is 0 Å². The highest BCUT2D eigenvalue weighted by Crippen LogP contribution is 2.34. The van der Waals surface area contributed by atoms with Crippen LogP contribution in [0, 0.1) is 6.92 Å². The van der Waals surface area contributed by atoms with Gasteiger partial charge < -0.3 is 20.1 Å². The van der Waals surface area contributed by atoms with E-state index in [4.69, 9.17) is 9.84 Å². The summed E-state index contributed by atoms with van der Waals surface area (Å²) in [6, 6.07) is 7.26. The lowest BCUT2D eigenvalue weighted by Crippen LogP contribution is -2.11. The smallest absolute Gasteiger partial charge is 0.307 e. The van der Waals surface area contributed by atoms with Crippen LogP contribution in [0.5, 0.6) is 17.2 Å². The average Bonchev–Trinajstić information content (AvgIpc) is 2.51. The molecule has 120 valence electrons. The van der Waals surface area contributed by atoms with Crippen LogP contribution in [0.3, 0.4) is 0 Å². The van der Waals surface area contributed by atoms with E-state index in [9.17, 15) is 19.8 Å². The van der Waals surface area contributed by atoms with E-state index < -0.39 is 23.9 Å². The van der Waals surface area contributed by atoms with Crippen molar-refractivity contribution < 1.29 is 29.6 Å². The van der Waals surface area contributed by atoms with Gasteiger partial charge in [-0.05, 0) is 42.3 Å². The van der Waals surface area contributed by atoms with Crippen molar-refractivity contribution in [1.29, 1.82) is 0 Å². The first-order valence-electron chi connectivity index (χ1n) is 6.80. The van der Waals surface area contributed by atoms with E-state index >= 15 is 0 Å². The SMILES string of the molecule is COc1ccc(C(=O)c2c(O)cc(O)c(C)c2CC(=O)O)cc1. The number of aliphatic carboxylic acids is 1. The molecule has 0 heterocycles. The molecule has 0 atom stereocenters. The third kappa shape index (κ3) is 3.26. The van der Waals surface area contributed by atoms with E-state index in [0.717, 1.165) is 6.07 Å². The van der Waals surface area contributed by atoms with Gasteiger partial charge in [0.15, 0.2) is 5.78 Å². The number of ether oxygens (including phenoxy) is 1. The van der Waals surface area contributed by atoms with Crippen molar-refractivity contribution in [3.05, 3.63) is 52.6 Å². The van der Waals surface area contributed by atoms with Gasteiger partial charge in [-0.15, -0.1) is 0 Å². The van der Waals surface area contributed by atoms with E-state index in [1.165, 1.54) is 26.2 Å². The predicted octanol–water partition coefficient (Wildman–Crippen LogP) is 2.27. The summed E-state index contributed by atoms with van der Waals surface area (Å²) in [5.41, 5.74) is 0.503. The number of carbonyl (C=O) groups is 2. The van der Waals surface area contributed by atoms with Gasteiger partial charge in [0, 0.05) is 11.6 Å². The summed E-state index contributed by atoms with van der Waals surface area (Å²) < 4.78 is 5.02. The zero-order valence-electron chi connectivity index (χ0n) is 12.7. The summed E-state index contributed by atoms with van der Waals surface area (Å²) >= 11 is 0. The van der Waals surface area contributed by atoms with Crippen molar-refractivity contribution in [2.24, 2.45) is 0 Å². The number of ketones is 1. The fourth-order valence-corrected chi connectivity index (χ4v) is 2.32. The second kappa shape index (κ2) is 6.39. The fourth-order valence-electron chi connectivity index (χ4n) is 2.32. The van der Waals surface area contributed by atoms with Crippen molar-refractivity contribution >= 4 is 11.8 Å². The van der Waals surface area contributed by atoms with Gasteiger partial charge in [0.05, 0.1) is 19.1 Å². The quantitative estimate of drug-likeness (QED) is 0.731. The van der Waals surface area contributed by atoms with Gasteiger partial charge in [0.25, 0.3) is 0 Å². The first-order valence-corrected chi connectivity index (χ1v) is 6.80. The molecule has 2 aromatic rings. The Bertz CT molecular complexity index is 762. The Morgan fingerprint density at radius 1 is 1.09 bits per heavy atom. The summed E-state index contributed by atoms with van der Waals surface area (Å²) in [6.07, 6.45) is -0.481. The van der Waals surface area contributed by atoms with E-state index in [1.54, 1.807) is 12.1 Å². The molecule has 0 radical (unpaired) electrons. The van der Waals surface area contributed by atoms with Gasteiger partial charge >= 0.3 is 5.97 Å². The molecule has 0 spiro atoms. The van der Waals surface area contributed by atoms with Gasteiger partial charge in [0.2, 0.25) is 0 Å². The highest BCUT2D eigenvalue weighted by molar-refractivity contribution is 6.12. The molecule has 3 N–H and O–H groups in total. The van der Waals surface area contributed by atoms with Crippen molar-refractivity contribution in [2.75, 3.05) is 7.11 Å². The number of hydrogen-bond donors (Lipinski definition) is 3.